The normalized spacial score (nSPS) is 18.7. The van der Waals surface area contributed by atoms with Gasteiger partial charge in [-0.15, -0.1) is 0 Å². The molecule has 1 aliphatic carbocycles. The predicted octanol–water partition coefficient (Wildman–Crippen LogP) is 2.64. The van der Waals surface area contributed by atoms with Crippen molar-refractivity contribution < 1.29 is 14.6 Å². The standard InChI is InChI=1S/C13H14N2O5/c1-12(2)7-5-9(14(17)18)10(15(19)20)6-8(7)13(3,4)11(12)16/h5-6H,1-4H3. The third kappa shape index (κ3) is 1.62. The van der Waals surface area contributed by atoms with Crippen LogP contribution in [0, 0.1) is 20.2 Å². The zero-order chi connectivity index (χ0) is 15.5. The molecule has 1 aliphatic rings. The lowest BCUT2D eigenvalue weighted by molar-refractivity contribution is -0.422. The van der Waals surface area contributed by atoms with Crippen LogP contribution in [0.4, 0.5) is 11.4 Å². The molecule has 0 aliphatic heterocycles. The Hall–Kier alpha value is -2.31. The van der Waals surface area contributed by atoms with E-state index in [-0.39, 0.29) is 5.78 Å². The van der Waals surface area contributed by atoms with Gasteiger partial charge in [-0.3, -0.25) is 25.0 Å². The highest BCUT2D eigenvalue weighted by Gasteiger charge is 2.52. The van der Waals surface area contributed by atoms with E-state index >= 15 is 0 Å². The zero-order valence-electron chi connectivity index (χ0n) is 11.6. The fourth-order valence-electron chi connectivity index (χ4n) is 2.93. The molecule has 2 rings (SSSR count). The molecule has 0 unspecified atom stereocenters. The minimum Gasteiger partial charge on any atom is -0.298 e. The van der Waals surface area contributed by atoms with Crippen molar-refractivity contribution in [3.05, 3.63) is 43.5 Å². The van der Waals surface area contributed by atoms with Gasteiger partial charge in [-0.2, -0.15) is 0 Å². The van der Waals surface area contributed by atoms with Gasteiger partial charge in [-0.05, 0) is 38.8 Å². The molecule has 20 heavy (non-hydrogen) atoms. The Labute approximate surface area is 114 Å². The summed E-state index contributed by atoms with van der Waals surface area (Å²) in [6, 6.07) is 2.33. The number of Topliss-reactive ketones (excluding diaryl/α,β-unsaturated/α-hetero) is 1. The number of carbonyl (C=O) groups is 1. The second kappa shape index (κ2) is 3.84. The first kappa shape index (κ1) is 14.1. The van der Waals surface area contributed by atoms with Crippen molar-refractivity contribution in [3.63, 3.8) is 0 Å². The van der Waals surface area contributed by atoms with Gasteiger partial charge < -0.3 is 0 Å². The molecule has 106 valence electrons. The van der Waals surface area contributed by atoms with Gasteiger partial charge in [0.05, 0.1) is 9.85 Å². The molecular weight excluding hydrogens is 264 g/mol. The van der Waals surface area contributed by atoms with Crippen LogP contribution in [-0.4, -0.2) is 15.6 Å². The van der Waals surface area contributed by atoms with E-state index in [0.29, 0.717) is 11.1 Å². The predicted molar refractivity (Wildman–Crippen MR) is 70.8 cm³/mol. The molecule has 1 aromatic rings. The van der Waals surface area contributed by atoms with Crippen LogP contribution in [-0.2, 0) is 15.6 Å². The number of hydrogen-bond acceptors (Lipinski definition) is 5. The summed E-state index contributed by atoms with van der Waals surface area (Å²) in [4.78, 5) is 32.8. The maximum Gasteiger partial charge on any atom is 0.346 e. The maximum atomic E-state index is 12.4. The van der Waals surface area contributed by atoms with Crippen LogP contribution in [0.1, 0.15) is 38.8 Å². The number of carbonyl (C=O) groups excluding carboxylic acids is 1. The number of rotatable bonds is 2. The Bertz CT molecular complexity index is 606. The van der Waals surface area contributed by atoms with Gasteiger partial charge in [-0.1, -0.05) is 0 Å². The van der Waals surface area contributed by atoms with E-state index in [9.17, 15) is 25.0 Å². The summed E-state index contributed by atoms with van der Waals surface area (Å²) in [5, 5.41) is 22.0. The van der Waals surface area contributed by atoms with Crippen LogP contribution in [0.2, 0.25) is 0 Å². The van der Waals surface area contributed by atoms with Crippen molar-refractivity contribution in [3.8, 4) is 0 Å². The highest BCUT2D eigenvalue weighted by atomic mass is 16.6. The largest absolute Gasteiger partial charge is 0.346 e. The average Bonchev–Trinajstić information content (AvgIpc) is 2.47. The lowest BCUT2D eigenvalue weighted by Crippen LogP contribution is -2.33. The van der Waals surface area contributed by atoms with Gasteiger partial charge in [0.15, 0.2) is 5.78 Å². The summed E-state index contributed by atoms with van der Waals surface area (Å²) in [7, 11) is 0. The number of nitro groups is 2. The fraction of sp³-hybridized carbons (Fsp3) is 0.462. The molecule has 0 saturated heterocycles. The number of fused-ring (bicyclic) bond motifs is 1. The maximum absolute atomic E-state index is 12.4. The van der Waals surface area contributed by atoms with E-state index in [0.717, 1.165) is 0 Å². The lowest BCUT2D eigenvalue weighted by atomic mass is 9.80. The van der Waals surface area contributed by atoms with Crippen molar-refractivity contribution in [1.29, 1.82) is 0 Å². The van der Waals surface area contributed by atoms with Crippen molar-refractivity contribution in [2.24, 2.45) is 0 Å². The van der Waals surface area contributed by atoms with Crippen LogP contribution in [0.5, 0.6) is 0 Å². The first-order valence-corrected chi connectivity index (χ1v) is 6.04. The number of nitrogens with zero attached hydrogens (tertiary/aromatic N) is 2. The summed E-state index contributed by atoms with van der Waals surface area (Å²) in [6.45, 7) is 6.72. The molecular formula is C13H14N2O5. The Kier molecular flexibility index (Phi) is 2.71. The molecule has 0 bridgehead atoms. The van der Waals surface area contributed by atoms with Crippen LogP contribution in [0.15, 0.2) is 12.1 Å². The molecule has 0 aromatic heterocycles. The van der Waals surface area contributed by atoms with Crippen molar-refractivity contribution in [2.45, 2.75) is 38.5 Å². The molecule has 0 heterocycles. The second-order valence-corrected chi connectivity index (χ2v) is 5.98. The molecule has 7 nitrogen and oxygen atoms in total. The Morgan fingerprint density at radius 1 is 0.850 bits per heavy atom. The minimum absolute atomic E-state index is 0.102. The zero-order valence-corrected chi connectivity index (χ0v) is 11.6. The SMILES string of the molecule is CC1(C)C(=O)C(C)(C)c2cc([N+](=O)[O-])c([N+](=O)[O-])cc21. The Balaban J connectivity index is 2.87. The fourth-order valence-corrected chi connectivity index (χ4v) is 2.93. The topological polar surface area (TPSA) is 103 Å². The van der Waals surface area contributed by atoms with Gasteiger partial charge in [0.2, 0.25) is 0 Å². The van der Waals surface area contributed by atoms with E-state index in [1.54, 1.807) is 27.7 Å². The summed E-state index contributed by atoms with van der Waals surface area (Å²) in [6.07, 6.45) is 0. The van der Waals surface area contributed by atoms with Crippen molar-refractivity contribution in [2.75, 3.05) is 0 Å². The first-order chi connectivity index (χ1) is 9.01. The van der Waals surface area contributed by atoms with E-state index < -0.39 is 32.1 Å². The van der Waals surface area contributed by atoms with Crippen molar-refractivity contribution in [1.82, 2.24) is 0 Å². The number of nitro benzene ring substituents is 2. The Morgan fingerprint density at radius 3 is 1.40 bits per heavy atom. The van der Waals surface area contributed by atoms with E-state index in [2.05, 4.69) is 0 Å². The number of ketones is 1. The molecule has 0 saturated carbocycles. The summed E-state index contributed by atoms with van der Waals surface area (Å²) < 4.78 is 0. The highest BCUT2D eigenvalue weighted by molar-refractivity contribution is 6.03. The van der Waals surface area contributed by atoms with Gasteiger partial charge >= 0.3 is 11.4 Å². The van der Waals surface area contributed by atoms with E-state index in [1.165, 1.54) is 12.1 Å². The average molecular weight is 278 g/mol. The smallest absolute Gasteiger partial charge is 0.298 e. The Morgan fingerprint density at radius 2 is 1.15 bits per heavy atom. The molecule has 0 spiro atoms. The lowest BCUT2D eigenvalue weighted by Gasteiger charge is -2.20. The van der Waals surface area contributed by atoms with Gasteiger partial charge in [0.1, 0.15) is 0 Å². The molecule has 0 amide bonds. The van der Waals surface area contributed by atoms with Crippen molar-refractivity contribution >= 4 is 17.2 Å². The third-order valence-electron chi connectivity index (χ3n) is 3.99. The molecule has 0 N–H and O–H groups in total. The van der Waals surface area contributed by atoms with E-state index in [4.69, 9.17) is 0 Å². The molecule has 7 heteroatoms. The van der Waals surface area contributed by atoms with Gasteiger partial charge in [-0.25, -0.2) is 0 Å². The second-order valence-electron chi connectivity index (χ2n) is 5.98. The van der Waals surface area contributed by atoms with E-state index in [1.807, 2.05) is 0 Å². The number of hydrogen-bond donors (Lipinski definition) is 0. The molecule has 0 radical (unpaired) electrons. The molecule has 1 aromatic carbocycles. The van der Waals surface area contributed by atoms with Gasteiger partial charge in [0, 0.05) is 23.0 Å². The van der Waals surface area contributed by atoms with Crippen LogP contribution in [0.3, 0.4) is 0 Å². The number of benzene rings is 1. The minimum atomic E-state index is -0.890. The molecule has 0 fully saturated rings. The summed E-state index contributed by atoms with van der Waals surface area (Å²) >= 11 is 0. The molecule has 0 atom stereocenters. The van der Waals surface area contributed by atoms with Gasteiger partial charge in [0.25, 0.3) is 0 Å². The first-order valence-electron chi connectivity index (χ1n) is 6.04. The third-order valence-corrected chi connectivity index (χ3v) is 3.99. The van der Waals surface area contributed by atoms with Crippen LogP contribution < -0.4 is 0 Å². The quantitative estimate of drug-likeness (QED) is 0.611. The summed E-state index contributed by atoms with van der Waals surface area (Å²) in [5.41, 5.74) is -1.95. The summed E-state index contributed by atoms with van der Waals surface area (Å²) in [5.74, 6) is -0.102. The van der Waals surface area contributed by atoms with Crippen LogP contribution in [0.25, 0.3) is 0 Å². The highest BCUT2D eigenvalue weighted by Crippen LogP contribution is 2.49. The monoisotopic (exact) mass is 278 g/mol. The van der Waals surface area contributed by atoms with Crippen LogP contribution >= 0.6 is 0 Å².